The van der Waals surface area contributed by atoms with Gasteiger partial charge in [0.05, 0.1) is 0 Å². The zero-order valence-electron chi connectivity index (χ0n) is 19.6. The van der Waals surface area contributed by atoms with E-state index in [1.54, 1.807) is 72.5 Å². The SMILES string of the molecule is NCCCC[C@@H](C(=O)Oc1cc(O)[nH]c1O)N(OC(=C=O)c1ccccc1)OC(=C=O)c1ccccc1. The lowest BCUT2D eigenvalue weighted by molar-refractivity contribution is -0.315. The fourth-order valence-corrected chi connectivity index (χ4v) is 3.22. The molecule has 0 unspecified atom stereocenters. The summed E-state index contributed by atoms with van der Waals surface area (Å²) in [5, 5.41) is 20.1. The number of carbonyl (C=O) groups is 1. The topological polar surface area (TPSA) is 164 Å². The molecule has 0 aliphatic carbocycles. The average Bonchev–Trinajstić information content (AvgIpc) is 3.24. The summed E-state index contributed by atoms with van der Waals surface area (Å²) in [6.45, 7) is 0.336. The second-order valence-electron chi connectivity index (χ2n) is 7.65. The molecule has 11 nitrogen and oxygen atoms in total. The van der Waals surface area contributed by atoms with E-state index in [2.05, 4.69) is 4.98 Å². The molecule has 2 aromatic carbocycles. The molecule has 0 saturated heterocycles. The lowest BCUT2D eigenvalue weighted by Crippen LogP contribution is -2.43. The zero-order chi connectivity index (χ0) is 26.6. The Morgan fingerprint density at radius 2 is 1.46 bits per heavy atom. The largest absolute Gasteiger partial charge is 0.494 e. The minimum atomic E-state index is -1.37. The smallest absolute Gasteiger partial charge is 0.336 e. The molecule has 37 heavy (non-hydrogen) atoms. The van der Waals surface area contributed by atoms with Gasteiger partial charge in [-0.15, -0.1) is 0 Å². The molecule has 3 rings (SSSR count). The Bertz CT molecular complexity index is 1220. The molecule has 0 aliphatic rings. The first kappa shape index (κ1) is 26.8. The summed E-state index contributed by atoms with van der Waals surface area (Å²) < 4.78 is 5.25. The van der Waals surface area contributed by atoms with Gasteiger partial charge in [-0.25, -0.2) is 14.4 Å². The number of hydrogen-bond donors (Lipinski definition) is 4. The number of unbranched alkanes of at least 4 members (excludes halogenated alkanes) is 1. The van der Waals surface area contributed by atoms with Crippen molar-refractivity contribution in [3.63, 3.8) is 0 Å². The van der Waals surface area contributed by atoms with Crippen LogP contribution in [-0.4, -0.2) is 50.9 Å². The van der Waals surface area contributed by atoms with Crippen molar-refractivity contribution in [3.8, 4) is 17.5 Å². The average molecular weight is 507 g/mol. The maximum Gasteiger partial charge on any atom is 0.336 e. The van der Waals surface area contributed by atoms with Crippen LogP contribution in [0, 0.1) is 0 Å². The van der Waals surface area contributed by atoms with Crippen LogP contribution in [0.4, 0.5) is 0 Å². The Labute approximate surface area is 211 Å². The van der Waals surface area contributed by atoms with Crippen LogP contribution in [-0.2, 0) is 24.1 Å². The summed E-state index contributed by atoms with van der Waals surface area (Å²) in [5.74, 6) is 0.306. The van der Waals surface area contributed by atoms with Crippen molar-refractivity contribution < 1.29 is 39.0 Å². The highest BCUT2D eigenvalue weighted by Gasteiger charge is 2.35. The molecule has 0 spiro atoms. The van der Waals surface area contributed by atoms with Gasteiger partial charge in [-0.3, -0.25) is 4.98 Å². The second-order valence-corrected chi connectivity index (χ2v) is 7.65. The van der Waals surface area contributed by atoms with Gasteiger partial charge in [0.1, 0.15) is 0 Å². The van der Waals surface area contributed by atoms with Crippen molar-refractivity contribution >= 4 is 29.4 Å². The Kier molecular flexibility index (Phi) is 9.66. The van der Waals surface area contributed by atoms with Crippen molar-refractivity contribution in [1.82, 2.24) is 10.2 Å². The molecule has 3 aromatic rings. The van der Waals surface area contributed by atoms with Gasteiger partial charge in [-0.2, -0.15) is 0 Å². The molecule has 11 heteroatoms. The van der Waals surface area contributed by atoms with E-state index in [0.29, 0.717) is 35.7 Å². The molecular weight excluding hydrogens is 482 g/mol. The number of rotatable bonds is 13. The predicted octanol–water partition coefficient (Wildman–Crippen LogP) is 2.74. The summed E-state index contributed by atoms with van der Waals surface area (Å²) in [6, 6.07) is 16.0. The number of hydrogen-bond acceptors (Lipinski definition) is 10. The number of H-pyrrole nitrogens is 1. The fourth-order valence-electron chi connectivity index (χ4n) is 3.22. The Balaban J connectivity index is 1.99. The molecule has 0 saturated carbocycles. The molecule has 5 N–H and O–H groups in total. The fraction of sp³-hybridized carbons (Fsp3) is 0.192. The van der Waals surface area contributed by atoms with Crippen LogP contribution in [0.25, 0.3) is 11.5 Å². The first-order chi connectivity index (χ1) is 18.0. The predicted molar refractivity (Wildman–Crippen MR) is 132 cm³/mol. The van der Waals surface area contributed by atoms with E-state index in [0.717, 1.165) is 6.07 Å². The minimum Gasteiger partial charge on any atom is -0.494 e. The van der Waals surface area contributed by atoms with Crippen molar-refractivity contribution in [2.24, 2.45) is 5.73 Å². The van der Waals surface area contributed by atoms with Crippen molar-refractivity contribution in [1.29, 1.82) is 0 Å². The second kappa shape index (κ2) is 13.3. The zero-order valence-corrected chi connectivity index (χ0v) is 19.6. The van der Waals surface area contributed by atoms with Crippen LogP contribution in [0.3, 0.4) is 0 Å². The highest BCUT2D eigenvalue weighted by molar-refractivity contribution is 5.85. The van der Waals surface area contributed by atoms with Crippen molar-refractivity contribution in [3.05, 3.63) is 77.9 Å². The summed E-state index contributed by atoms with van der Waals surface area (Å²) in [5.41, 5.74) is 6.25. The van der Waals surface area contributed by atoms with E-state index in [1.165, 1.54) is 0 Å². The molecule has 0 fully saturated rings. The first-order valence-electron chi connectivity index (χ1n) is 11.3. The summed E-state index contributed by atoms with van der Waals surface area (Å²) >= 11 is 0. The van der Waals surface area contributed by atoms with Crippen molar-refractivity contribution in [2.75, 3.05) is 6.54 Å². The Hall–Kier alpha value is -4.79. The van der Waals surface area contributed by atoms with Crippen LogP contribution in [0.1, 0.15) is 30.4 Å². The maximum absolute atomic E-state index is 13.2. The number of nitrogens with two attached hydrogens (primary N) is 1. The number of nitrogens with zero attached hydrogens (tertiary/aromatic N) is 1. The molecule has 0 aliphatic heterocycles. The van der Waals surface area contributed by atoms with Crippen LogP contribution < -0.4 is 10.5 Å². The monoisotopic (exact) mass is 507 g/mol. The van der Waals surface area contributed by atoms with E-state index in [4.69, 9.17) is 20.1 Å². The molecule has 0 bridgehead atoms. The lowest BCUT2D eigenvalue weighted by atomic mass is 10.1. The number of ether oxygens (including phenoxy) is 1. The summed E-state index contributed by atoms with van der Waals surface area (Å²) in [4.78, 5) is 50.4. The number of carbonyl (C=O) groups excluding carboxylic acids is 3. The highest BCUT2D eigenvalue weighted by atomic mass is 17.0. The van der Waals surface area contributed by atoms with Crippen LogP contribution in [0.2, 0.25) is 0 Å². The van der Waals surface area contributed by atoms with Crippen LogP contribution in [0.15, 0.2) is 66.7 Å². The van der Waals surface area contributed by atoms with E-state index < -0.39 is 23.8 Å². The summed E-state index contributed by atoms with van der Waals surface area (Å²) in [6.07, 6.45) is 0.980. The number of aromatic amines is 1. The third kappa shape index (κ3) is 7.35. The third-order valence-electron chi connectivity index (χ3n) is 5.04. The molecule has 1 atom stereocenters. The van der Waals surface area contributed by atoms with E-state index in [-0.39, 0.29) is 23.7 Å². The lowest BCUT2D eigenvalue weighted by Gasteiger charge is -2.28. The highest BCUT2D eigenvalue weighted by Crippen LogP contribution is 2.31. The molecular formula is C26H25N3O8. The standard InChI is InChI=1S/C26H25N3O8/c27-14-8-7-13-20(26(34)35-21-15-24(32)28-25(21)33)29(36-22(16-30)18-9-3-1-4-10-18)37-23(17-31)19-11-5-2-6-12-19/h1-6,9-12,15,20,28,32-33H,7-8,13-14,27H2/t20-/m0/s1. The molecule has 1 heterocycles. The Morgan fingerprint density at radius 1 is 0.919 bits per heavy atom. The molecule has 0 amide bonds. The number of hydroxylamine groups is 2. The number of esters is 1. The molecule has 192 valence electrons. The van der Waals surface area contributed by atoms with Gasteiger partial charge >= 0.3 is 5.97 Å². The van der Waals surface area contributed by atoms with Gasteiger partial charge in [0.15, 0.2) is 29.6 Å². The minimum absolute atomic E-state index is 0.0506. The first-order valence-corrected chi connectivity index (χ1v) is 11.3. The van der Waals surface area contributed by atoms with Crippen LogP contribution in [0.5, 0.6) is 17.5 Å². The quantitative estimate of drug-likeness (QED) is 0.0889. The Morgan fingerprint density at radius 3 is 1.89 bits per heavy atom. The molecule has 1 aromatic heterocycles. The number of nitrogens with one attached hydrogen (secondary N) is 1. The van der Waals surface area contributed by atoms with Gasteiger partial charge in [-0.05, 0) is 25.8 Å². The number of aromatic hydroxyl groups is 2. The van der Waals surface area contributed by atoms with Gasteiger partial charge in [0.2, 0.25) is 17.4 Å². The van der Waals surface area contributed by atoms with E-state index in [1.807, 2.05) is 0 Å². The molecule has 0 radical (unpaired) electrons. The third-order valence-corrected chi connectivity index (χ3v) is 5.04. The maximum atomic E-state index is 13.2. The van der Waals surface area contributed by atoms with Gasteiger partial charge in [0.25, 0.3) is 0 Å². The van der Waals surface area contributed by atoms with E-state index in [9.17, 15) is 24.6 Å². The van der Waals surface area contributed by atoms with E-state index >= 15 is 0 Å². The van der Waals surface area contributed by atoms with Gasteiger partial charge in [0, 0.05) is 22.4 Å². The van der Waals surface area contributed by atoms with Gasteiger partial charge < -0.3 is 30.4 Å². The van der Waals surface area contributed by atoms with Crippen LogP contribution >= 0.6 is 0 Å². The summed E-state index contributed by atoms with van der Waals surface area (Å²) in [7, 11) is 0. The normalized spacial score (nSPS) is 11.2. The number of aromatic nitrogens is 1. The van der Waals surface area contributed by atoms with Crippen molar-refractivity contribution in [2.45, 2.75) is 25.3 Å². The van der Waals surface area contributed by atoms with Gasteiger partial charge in [-0.1, -0.05) is 60.7 Å². The number of benzene rings is 2.